The molecule has 0 spiro atoms. The van der Waals surface area contributed by atoms with Crippen LogP contribution in [0.5, 0.6) is 0 Å². The molecule has 0 saturated carbocycles. The fourth-order valence-electron chi connectivity index (χ4n) is 7.28. The van der Waals surface area contributed by atoms with E-state index in [1.165, 1.54) is 0 Å². The molecule has 0 radical (unpaired) electrons. The van der Waals surface area contributed by atoms with Crippen LogP contribution in [0.25, 0.3) is 0 Å². The van der Waals surface area contributed by atoms with Gasteiger partial charge in [0, 0.05) is 0 Å². The summed E-state index contributed by atoms with van der Waals surface area (Å²) in [6, 6.07) is 33.0. The van der Waals surface area contributed by atoms with Crippen LogP contribution < -0.4 is 0 Å². The molecule has 2 atom stereocenters. The molecule has 0 saturated heterocycles. The van der Waals surface area contributed by atoms with Gasteiger partial charge in [0.25, 0.3) is 0 Å². The Kier molecular flexibility index (Phi) is 15.9. The van der Waals surface area contributed by atoms with Crippen molar-refractivity contribution in [3.63, 3.8) is 0 Å². The molecule has 0 aliphatic carbocycles. The molecule has 0 N–H and O–H groups in total. The van der Waals surface area contributed by atoms with Crippen LogP contribution in [0.3, 0.4) is 0 Å². The maximum Gasteiger partial charge on any atom is 0.193 e. The first-order valence-corrected chi connectivity index (χ1v) is 29.9. The molecule has 6 nitrogen and oxygen atoms in total. The maximum absolute atomic E-state index is 14.6. The van der Waals surface area contributed by atoms with Gasteiger partial charge in [-0.15, -0.1) is 0 Å². The van der Waals surface area contributed by atoms with Crippen molar-refractivity contribution >= 4 is 36.3 Å². The predicted molar refractivity (Wildman–Crippen MR) is 247 cm³/mol. The highest BCUT2D eigenvalue weighted by atomic mass is 32.2. The molecule has 0 fully saturated rings. The van der Waals surface area contributed by atoms with Gasteiger partial charge in [-0.05, 0) is 120 Å². The quantitative estimate of drug-likeness (QED) is 0.0776. The minimum Gasteiger partial charge on any atom is -0.413 e. The fourth-order valence-corrected chi connectivity index (χ4v) is 15.4. The van der Waals surface area contributed by atoms with Crippen LogP contribution in [0.2, 0.25) is 36.3 Å². The molecule has 0 amide bonds. The Morgan fingerprint density at radius 1 is 0.466 bits per heavy atom. The van der Waals surface area contributed by atoms with Crippen LogP contribution in [0.4, 0.5) is 0 Å². The Hall–Kier alpha value is -2.87. The van der Waals surface area contributed by atoms with E-state index in [0.29, 0.717) is 25.0 Å². The van der Waals surface area contributed by atoms with Crippen LogP contribution in [-0.4, -0.2) is 44.0 Å². The van der Waals surface area contributed by atoms with Gasteiger partial charge in [0.05, 0.1) is 33.5 Å². The van der Waals surface area contributed by atoms with E-state index in [0.717, 1.165) is 22.3 Å². The van der Waals surface area contributed by atoms with Gasteiger partial charge in [0.1, 0.15) is 0 Å². The van der Waals surface area contributed by atoms with Crippen molar-refractivity contribution in [1.29, 1.82) is 0 Å². The van der Waals surface area contributed by atoms with E-state index in [9.17, 15) is 16.8 Å². The average molecular weight is 863 g/mol. The summed E-state index contributed by atoms with van der Waals surface area (Å²) in [4.78, 5) is 0.476. The number of hydrogen-bond acceptors (Lipinski definition) is 6. The largest absolute Gasteiger partial charge is 0.413 e. The summed E-state index contributed by atoms with van der Waals surface area (Å²) < 4.78 is 72.1. The van der Waals surface area contributed by atoms with E-state index in [1.54, 1.807) is 48.5 Å². The molecule has 4 rings (SSSR count). The molecule has 4 aromatic rings. The van der Waals surface area contributed by atoms with Crippen molar-refractivity contribution in [3.8, 4) is 0 Å². The lowest BCUT2D eigenvalue weighted by Gasteiger charge is -2.42. The van der Waals surface area contributed by atoms with Gasteiger partial charge >= 0.3 is 0 Å². The topological polar surface area (TPSA) is 86.7 Å². The monoisotopic (exact) mass is 862 g/mol. The lowest BCUT2D eigenvalue weighted by molar-refractivity contribution is 0.255. The lowest BCUT2D eigenvalue weighted by atomic mass is 9.98. The zero-order valence-electron chi connectivity index (χ0n) is 37.2. The van der Waals surface area contributed by atoms with Gasteiger partial charge in [-0.25, -0.2) is 16.8 Å². The smallest absolute Gasteiger partial charge is 0.193 e. The molecule has 4 aromatic carbocycles. The Balaban J connectivity index is 1.72. The van der Waals surface area contributed by atoms with Crippen molar-refractivity contribution < 1.29 is 25.7 Å². The van der Waals surface area contributed by atoms with E-state index < -0.39 is 46.8 Å². The second kappa shape index (κ2) is 19.2. The van der Waals surface area contributed by atoms with Crippen LogP contribution in [0, 0.1) is 11.8 Å². The Bertz CT molecular complexity index is 1990. The van der Waals surface area contributed by atoms with Gasteiger partial charge in [0.15, 0.2) is 36.3 Å². The van der Waals surface area contributed by atoms with E-state index in [2.05, 4.69) is 81.6 Å². The zero-order valence-corrected chi connectivity index (χ0v) is 40.8. The first-order valence-electron chi connectivity index (χ1n) is 20.9. The molecule has 0 aliphatic rings. The van der Waals surface area contributed by atoms with Crippen molar-refractivity contribution in [3.05, 3.63) is 131 Å². The lowest BCUT2D eigenvalue weighted by Crippen LogP contribution is -2.45. The van der Waals surface area contributed by atoms with Crippen molar-refractivity contribution in [1.82, 2.24) is 0 Å². The minimum atomic E-state index is -3.87. The summed E-state index contributed by atoms with van der Waals surface area (Å²) in [6.07, 6.45) is 0.788. The van der Waals surface area contributed by atoms with Crippen LogP contribution in [-0.2, 0) is 54.6 Å². The third-order valence-corrected chi connectivity index (χ3v) is 27.6. The highest BCUT2D eigenvalue weighted by Gasteiger charge is 2.44. The standard InChI is InChI=1S/C48H70O6S2Si2/c1-37(2)47(5,6)57(9,10)53-35-41-25-21-19-23-39(41)33-45(55(49,50)43-27-15-13-16-28-43)31-32-46(56(51,52)44-29-17-14-18-30-44)34-40-24-20-22-26-42(40)36-54-58(11,12)48(7,8)38(3)4/h13-30,37-38,45-46H,31-36H2,1-12H3. The molecule has 0 heterocycles. The summed E-state index contributed by atoms with van der Waals surface area (Å²) in [5.41, 5.74) is 3.73. The molecule has 2 unspecified atom stereocenters. The van der Waals surface area contributed by atoms with Crippen molar-refractivity contribution in [2.75, 3.05) is 0 Å². The molecule has 0 bridgehead atoms. The van der Waals surface area contributed by atoms with Crippen LogP contribution in [0.1, 0.15) is 90.5 Å². The summed E-state index contributed by atoms with van der Waals surface area (Å²) >= 11 is 0. The van der Waals surface area contributed by atoms with Gasteiger partial charge in [-0.2, -0.15) is 0 Å². The average Bonchev–Trinajstić information content (AvgIpc) is 3.18. The first-order chi connectivity index (χ1) is 26.9. The Morgan fingerprint density at radius 2 is 0.741 bits per heavy atom. The molecule has 318 valence electrons. The Labute approximate surface area is 354 Å². The number of hydrogen-bond donors (Lipinski definition) is 0. The van der Waals surface area contributed by atoms with E-state index in [4.69, 9.17) is 8.85 Å². The van der Waals surface area contributed by atoms with E-state index in [1.807, 2.05) is 60.7 Å². The van der Waals surface area contributed by atoms with E-state index >= 15 is 0 Å². The SMILES string of the molecule is CC(C)C(C)(C)[Si](C)(C)OCc1ccccc1CC(CCC(Cc1ccccc1CO[Si](C)(C)C(C)(C)C(C)C)S(=O)(=O)c1ccccc1)S(=O)(=O)c1ccccc1. The summed E-state index contributed by atoms with van der Waals surface area (Å²) in [5, 5.41) is -1.70. The van der Waals surface area contributed by atoms with Gasteiger partial charge < -0.3 is 8.85 Å². The third-order valence-electron chi connectivity index (χ3n) is 14.1. The number of rotatable bonds is 21. The molecular weight excluding hydrogens is 793 g/mol. The first kappa shape index (κ1) is 47.8. The van der Waals surface area contributed by atoms with Gasteiger partial charge in [0.2, 0.25) is 0 Å². The maximum atomic E-state index is 14.6. The van der Waals surface area contributed by atoms with Gasteiger partial charge in [-0.3, -0.25) is 0 Å². The van der Waals surface area contributed by atoms with Crippen molar-refractivity contribution in [2.45, 2.75) is 151 Å². The second-order valence-corrected chi connectivity index (χ2v) is 32.5. The zero-order chi connectivity index (χ0) is 43.2. The normalized spacial score (nSPS) is 14.5. The fraction of sp³-hybridized carbons (Fsp3) is 0.500. The molecule has 58 heavy (non-hydrogen) atoms. The predicted octanol–water partition coefficient (Wildman–Crippen LogP) is 12.3. The summed E-state index contributed by atoms with van der Waals surface area (Å²) in [7, 11) is -12.1. The molecular formula is C48H70O6S2Si2. The highest BCUT2D eigenvalue weighted by Crippen LogP contribution is 2.46. The summed E-state index contributed by atoms with van der Waals surface area (Å²) in [5.74, 6) is 0.880. The second-order valence-electron chi connectivity index (χ2n) is 18.8. The molecule has 10 heteroatoms. The minimum absolute atomic E-state index is 0.0218. The van der Waals surface area contributed by atoms with Crippen LogP contribution in [0.15, 0.2) is 119 Å². The van der Waals surface area contributed by atoms with E-state index in [-0.39, 0.29) is 45.6 Å². The van der Waals surface area contributed by atoms with Gasteiger partial charge in [-0.1, -0.05) is 140 Å². The molecule has 0 aromatic heterocycles. The van der Waals surface area contributed by atoms with Crippen molar-refractivity contribution in [2.24, 2.45) is 11.8 Å². The highest BCUT2D eigenvalue weighted by molar-refractivity contribution is 7.92. The Morgan fingerprint density at radius 3 is 1.03 bits per heavy atom. The van der Waals surface area contributed by atoms with Crippen LogP contribution >= 0.6 is 0 Å². The molecule has 0 aliphatic heterocycles. The third kappa shape index (κ3) is 11.1. The summed E-state index contributed by atoms with van der Waals surface area (Å²) in [6.45, 7) is 27.9. The number of benzene rings is 4. The number of sulfone groups is 2.